The minimum absolute atomic E-state index is 0.0412. The molecule has 0 unspecified atom stereocenters. The number of halogens is 3. The van der Waals surface area contributed by atoms with Gasteiger partial charge in [0.25, 0.3) is 0 Å². The Kier molecular flexibility index (Phi) is 4.84. The smallest absolute Gasteiger partial charge is 0.318 e. The van der Waals surface area contributed by atoms with Gasteiger partial charge < -0.3 is 10.6 Å². The molecule has 0 fully saturated rings. The number of carbonyl (C=O) groups excluding carboxylic acids is 2. The maximum atomic E-state index is 12.4. The van der Waals surface area contributed by atoms with Crippen LogP contribution >= 0.6 is 0 Å². The van der Waals surface area contributed by atoms with E-state index in [-0.39, 0.29) is 5.69 Å². The van der Waals surface area contributed by atoms with Crippen molar-refractivity contribution in [2.45, 2.75) is 6.18 Å². The number of anilines is 2. The Morgan fingerprint density at radius 2 is 1.71 bits per heavy atom. The van der Waals surface area contributed by atoms with Crippen LogP contribution in [0.15, 0.2) is 42.6 Å². The molecule has 1 aromatic heterocycles. The molecule has 1 aromatic carbocycles. The lowest BCUT2D eigenvalue weighted by Crippen LogP contribution is -2.29. The largest absolute Gasteiger partial charge is 0.433 e. The molecular formula is C16H10F3N3O2. The number of alkyl halides is 3. The average molecular weight is 333 g/mol. The van der Waals surface area contributed by atoms with E-state index in [0.29, 0.717) is 17.3 Å². The van der Waals surface area contributed by atoms with Crippen LogP contribution < -0.4 is 10.6 Å². The highest BCUT2D eigenvalue weighted by Gasteiger charge is 2.32. The van der Waals surface area contributed by atoms with E-state index in [2.05, 4.69) is 21.5 Å². The van der Waals surface area contributed by atoms with Crippen molar-refractivity contribution >= 4 is 23.2 Å². The Labute approximate surface area is 134 Å². The first-order chi connectivity index (χ1) is 11.3. The number of aromatic nitrogens is 1. The number of nitrogens with one attached hydrogen (secondary N) is 2. The molecule has 0 atom stereocenters. The number of nitrogens with zero attached hydrogens (tertiary/aromatic N) is 1. The molecule has 5 nitrogen and oxygen atoms in total. The van der Waals surface area contributed by atoms with Crippen molar-refractivity contribution in [3.63, 3.8) is 0 Å². The Morgan fingerprint density at radius 3 is 2.25 bits per heavy atom. The summed E-state index contributed by atoms with van der Waals surface area (Å²) in [5.41, 5.74) is -0.312. The summed E-state index contributed by atoms with van der Waals surface area (Å²) in [6.07, 6.45) is 1.46. The summed E-state index contributed by atoms with van der Waals surface area (Å²) >= 11 is 0. The van der Waals surface area contributed by atoms with E-state index in [4.69, 9.17) is 6.42 Å². The highest BCUT2D eigenvalue weighted by Crippen LogP contribution is 2.27. The quantitative estimate of drug-likeness (QED) is 0.656. The fourth-order valence-electron chi connectivity index (χ4n) is 1.70. The first-order valence-corrected chi connectivity index (χ1v) is 6.52. The fraction of sp³-hybridized carbons (Fsp3) is 0.0625. The molecule has 0 aliphatic heterocycles. The highest BCUT2D eigenvalue weighted by atomic mass is 19.4. The van der Waals surface area contributed by atoms with Gasteiger partial charge in [0.2, 0.25) is 0 Å². The van der Waals surface area contributed by atoms with Gasteiger partial charge in [-0.05, 0) is 30.3 Å². The summed E-state index contributed by atoms with van der Waals surface area (Å²) in [4.78, 5) is 26.7. The van der Waals surface area contributed by atoms with Crippen LogP contribution in [-0.4, -0.2) is 16.8 Å². The van der Waals surface area contributed by atoms with Crippen molar-refractivity contribution < 1.29 is 22.8 Å². The lowest BCUT2D eigenvalue weighted by Gasteiger charge is -2.08. The average Bonchev–Trinajstić information content (AvgIpc) is 2.54. The second-order valence-corrected chi connectivity index (χ2v) is 4.56. The molecule has 0 aliphatic rings. The van der Waals surface area contributed by atoms with Crippen molar-refractivity contribution in [3.8, 4) is 12.3 Å². The van der Waals surface area contributed by atoms with Gasteiger partial charge in [0.05, 0.1) is 11.9 Å². The van der Waals surface area contributed by atoms with E-state index in [9.17, 15) is 22.8 Å². The van der Waals surface area contributed by atoms with Crippen molar-refractivity contribution in [2.24, 2.45) is 0 Å². The summed E-state index contributed by atoms with van der Waals surface area (Å²) in [5, 5.41) is 4.47. The van der Waals surface area contributed by atoms with Gasteiger partial charge in [-0.15, -0.1) is 6.42 Å². The molecule has 0 bridgehead atoms. The molecule has 2 amide bonds. The summed E-state index contributed by atoms with van der Waals surface area (Å²) in [5.74, 6) is 0.326. The van der Waals surface area contributed by atoms with E-state index in [1.807, 2.05) is 0 Å². The minimum atomic E-state index is -4.58. The Bertz CT molecular complexity index is 809. The van der Waals surface area contributed by atoms with Crippen LogP contribution in [0.25, 0.3) is 0 Å². The molecule has 122 valence electrons. The third-order valence-corrected chi connectivity index (χ3v) is 2.81. The second kappa shape index (κ2) is 6.83. The van der Waals surface area contributed by atoms with Crippen LogP contribution in [-0.2, 0) is 15.8 Å². The van der Waals surface area contributed by atoms with Crippen molar-refractivity contribution in [2.75, 3.05) is 10.6 Å². The Hall–Kier alpha value is -3.34. The minimum Gasteiger partial charge on any atom is -0.318 e. The number of benzene rings is 1. The number of hydrogen-bond donors (Lipinski definition) is 2. The van der Waals surface area contributed by atoms with Crippen molar-refractivity contribution in [1.82, 2.24) is 4.98 Å². The Balaban J connectivity index is 2.01. The van der Waals surface area contributed by atoms with Gasteiger partial charge in [-0.3, -0.25) is 9.59 Å². The van der Waals surface area contributed by atoms with Crippen LogP contribution in [0.1, 0.15) is 11.3 Å². The molecule has 8 heteroatoms. The van der Waals surface area contributed by atoms with Gasteiger partial charge in [-0.2, -0.15) is 13.2 Å². The normalized spacial score (nSPS) is 10.6. The maximum Gasteiger partial charge on any atom is 0.433 e. The first-order valence-electron chi connectivity index (χ1n) is 6.52. The Morgan fingerprint density at radius 1 is 1.04 bits per heavy atom. The number of carbonyl (C=O) groups is 2. The number of rotatable bonds is 2. The molecule has 0 spiro atoms. The van der Waals surface area contributed by atoms with Crippen LogP contribution in [0.5, 0.6) is 0 Å². The van der Waals surface area contributed by atoms with E-state index >= 15 is 0 Å². The summed E-state index contributed by atoms with van der Waals surface area (Å²) in [6.45, 7) is 0. The third kappa shape index (κ3) is 4.33. The predicted octanol–water partition coefficient (Wildman–Crippen LogP) is 2.66. The van der Waals surface area contributed by atoms with Crippen LogP contribution in [0.2, 0.25) is 0 Å². The van der Waals surface area contributed by atoms with Gasteiger partial charge in [0.15, 0.2) is 0 Å². The van der Waals surface area contributed by atoms with Crippen LogP contribution in [0.4, 0.5) is 24.5 Å². The fourth-order valence-corrected chi connectivity index (χ4v) is 1.70. The molecule has 0 aliphatic carbocycles. The number of pyridine rings is 1. The predicted molar refractivity (Wildman–Crippen MR) is 80.9 cm³/mol. The summed E-state index contributed by atoms with van der Waals surface area (Å²) in [6, 6.07) is 7.96. The van der Waals surface area contributed by atoms with E-state index < -0.39 is 23.7 Å². The molecule has 2 N–H and O–H groups in total. The zero-order valence-electron chi connectivity index (χ0n) is 12.0. The molecule has 2 aromatic rings. The SMILES string of the molecule is C#Cc1cccc(NC(=O)C(=O)Nc2ccc(C(F)(F)F)nc2)c1. The van der Waals surface area contributed by atoms with Crippen LogP contribution in [0.3, 0.4) is 0 Å². The highest BCUT2D eigenvalue weighted by molar-refractivity contribution is 6.43. The molecule has 1 heterocycles. The topological polar surface area (TPSA) is 71.1 Å². The zero-order valence-corrected chi connectivity index (χ0v) is 12.0. The third-order valence-electron chi connectivity index (χ3n) is 2.81. The van der Waals surface area contributed by atoms with Crippen molar-refractivity contribution in [1.29, 1.82) is 0 Å². The van der Waals surface area contributed by atoms with Gasteiger partial charge in [-0.25, -0.2) is 4.98 Å². The lowest BCUT2D eigenvalue weighted by molar-refractivity contribution is -0.141. The molecule has 0 saturated heterocycles. The van der Waals surface area contributed by atoms with E-state index in [1.54, 1.807) is 12.1 Å². The van der Waals surface area contributed by atoms with Crippen molar-refractivity contribution in [3.05, 3.63) is 53.9 Å². The van der Waals surface area contributed by atoms with E-state index in [0.717, 1.165) is 12.3 Å². The van der Waals surface area contributed by atoms with Gasteiger partial charge in [-0.1, -0.05) is 12.0 Å². The lowest BCUT2D eigenvalue weighted by atomic mass is 10.2. The number of hydrogen-bond acceptors (Lipinski definition) is 3. The molecule has 24 heavy (non-hydrogen) atoms. The van der Waals surface area contributed by atoms with Gasteiger partial charge in [0, 0.05) is 11.3 Å². The summed E-state index contributed by atoms with van der Waals surface area (Å²) < 4.78 is 37.2. The molecule has 2 rings (SSSR count). The number of terminal acetylenes is 1. The zero-order chi connectivity index (χ0) is 17.7. The first kappa shape index (κ1) is 17.0. The molecule has 0 radical (unpaired) electrons. The maximum absolute atomic E-state index is 12.4. The molecule has 0 saturated carbocycles. The van der Waals surface area contributed by atoms with Crippen LogP contribution in [0, 0.1) is 12.3 Å². The summed E-state index contributed by atoms with van der Waals surface area (Å²) in [7, 11) is 0. The number of amides is 2. The van der Waals surface area contributed by atoms with Gasteiger partial charge >= 0.3 is 18.0 Å². The van der Waals surface area contributed by atoms with E-state index in [1.165, 1.54) is 12.1 Å². The second-order valence-electron chi connectivity index (χ2n) is 4.56. The standard InChI is InChI=1S/C16H10F3N3O2/c1-2-10-4-3-5-11(8-10)21-14(23)15(24)22-12-6-7-13(20-9-12)16(17,18)19/h1,3-9H,(H,21,23)(H,22,24). The molecular weight excluding hydrogens is 323 g/mol. The monoisotopic (exact) mass is 333 g/mol. The van der Waals surface area contributed by atoms with Gasteiger partial charge in [0.1, 0.15) is 5.69 Å².